The zero-order chi connectivity index (χ0) is 38.5. The summed E-state index contributed by atoms with van der Waals surface area (Å²) in [7, 11) is 0. The molecule has 0 atom stereocenters. The summed E-state index contributed by atoms with van der Waals surface area (Å²) in [5, 5.41) is 12.5. The molecule has 4 amide bonds. The van der Waals surface area contributed by atoms with Crippen LogP contribution < -0.4 is 25.8 Å². The second-order valence-electron chi connectivity index (χ2n) is 14.8. The topological polar surface area (TPSA) is 175 Å². The highest BCUT2D eigenvalue weighted by Gasteiger charge is 2.25. The van der Waals surface area contributed by atoms with E-state index in [1.165, 1.54) is 6.33 Å². The summed E-state index contributed by atoms with van der Waals surface area (Å²) >= 11 is 0. The maximum absolute atomic E-state index is 12.6. The number of amides is 4. The zero-order valence-corrected chi connectivity index (χ0v) is 31.5. The Bertz CT molecular complexity index is 2160. The number of urea groups is 1. The van der Waals surface area contributed by atoms with Crippen LogP contribution in [0.2, 0.25) is 0 Å². The second-order valence-corrected chi connectivity index (χ2v) is 14.8. The molecule has 15 heteroatoms. The van der Waals surface area contributed by atoms with E-state index in [1.54, 1.807) is 4.90 Å². The minimum Gasteiger partial charge on any atom is -0.369 e. The molecule has 2 fully saturated rings. The van der Waals surface area contributed by atoms with E-state index in [0.29, 0.717) is 37.0 Å². The van der Waals surface area contributed by atoms with Gasteiger partial charge in [0.25, 0.3) is 0 Å². The fourth-order valence-corrected chi connectivity index (χ4v) is 6.46. The van der Waals surface area contributed by atoms with Gasteiger partial charge < -0.3 is 20.1 Å². The van der Waals surface area contributed by atoms with Crippen LogP contribution in [0.3, 0.4) is 0 Å². The number of anilines is 4. The van der Waals surface area contributed by atoms with Crippen molar-refractivity contribution in [3.05, 3.63) is 102 Å². The van der Waals surface area contributed by atoms with Gasteiger partial charge in [0.05, 0.1) is 5.69 Å². The molecule has 2 aromatic carbocycles. The Labute approximate surface area is 319 Å². The number of nitrogens with one attached hydrogen (secondary N) is 3. The average molecular weight is 744 g/mol. The highest BCUT2D eigenvalue weighted by molar-refractivity contribution is 6.05. The molecule has 5 aromatic rings. The molecule has 3 N–H and O–H groups in total. The number of aromatic nitrogens is 5. The molecule has 0 saturated carbocycles. The van der Waals surface area contributed by atoms with Gasteiger partial charge in [-0.05, 0) is 66.4 Å². The summed E-state index contributed by atoms with van der Waals surface area (Å²) in [5.41, 5.74) is 6.42. The molecule has 284 valence electrons. The monoisotopic (exact) mass is 743 g/mol. The van der Waals surface area contributed by atoms with E-state index in [4.69, 9.17) is 4.52 Å². The molecule has 0 aliphatic carbocycles. The second kappa shape index (κ2) is 16.0. The molecule has 0 unspecified atom stereocenters. The van der Waals surface area contributed by atoms with Crippen molar-refractivity contribution in [1.29, 1.82) is 0 Å². The van der Waals surface area contributed by atoms with Crippen molar-refractivity contribution >= 4 is 40.9 Å². The van der Waals surface area contributed by atoms with Crippen LogP contribution in [-0.4, -0.2) is 87.1 Å². The van der Waals surface area contributed by atoms with Crippen molar-refractivity contribution in [1.82, 2.24) is 40.6 Å². The Hall–Kier alpha value is -6.22. The fraction of sp³-hybridized carbons (Fsp3) is 0.350. The molecular formula is C40H45N11O4. The van der Waals surface area contributed by atoms with E-state index in [0.717, 1.165) is 78.5 Å². The Morgan fingerprint density at radius 2 is 1.67 bits per heavy atom. The summed E-state index contributed by atoms with van der Waals surface area (Å²) in [6, 6.07) is 19.5. The molecule has 5 heterocycles. The normalized spacial score (nSPS) is 15.2. The number of nitrogens with zero attached hydrogens (tertiary/aromatic N) is 8. The molecule has 55 heavy (non-hydrogen) atoms. The Kier molecular flexibility index (Phi) is 10.8. The number of hydrogen-bond acceptors (Lipinski definition) is 12. The van der Waals surface area contributed by atoms with Gasteiger partial charge in [-0.1, -0.05) is 44.1 Å². The summed E-state index contributed by atoms with van der Waals surface area (Å²) in [6.45, 7) is 13.3. The van der Waals surface area contributed by atoms with Crippen LogP contribution in [0.5, 0.6) is 0 Å². The molecule has 2 aliphatic heterocycles. The van der Waals surface area contributed by atoms with Gasteiger partial charge in [0.2, 0.25) is 5.91 Å². The van der Waals surface area contributed by atoms with Gasteiger partial charge in [-0.2, -0.15) is 4.98 Å². The number of aryl methyl sites for hydroxylation is 1. The van der Waals surface area contributed by atoms with Crippen LogP contribution in [0.25, 0.3) is 11.3 Å². The van der Waals surface area contributed by atoms with Gasteiger partial charge in [-0.25, -0.2) is 19.7 Å². The maximum atomic E-state index is 12.6. The number of hydrogen-bond donors (Lipinski definition) is 3. The first kappa shape index (κ1) is 37.1. The lowest BCUT2D eigenvalue weighted by Crippen LogP contribution is -2.49. The lowest BCUT2D eigenvalue weighted by molar-refractivity contribution is -0.120. The summed E-state index contributed by atoms with van der Waals surface area (Å²) in [6.07, 6.45) is 4.64. The minimum atomic E-state index is -0.414. The Morgan fingerprint density at radius 3 is 2.36 bits per heavy atom. The molecule has 3 aromatic heterocycles. The molecule has 2 saturated heterocycles. The lowest BCUT2D eigenvalue weighted by Gasteiger charge is -2.36. The molecule has 2 aliphatic rings. The smallest absolute Gasteiger partial charge is 0.328 e. The third-order valence-corrected chi connectivity index (χ3v) is 9.79. The number of carbonyl (C=O) groups excluding carboxylic acids is 3. The third kappa shape index (κ3) is 9.12. The Balaban J connectivity index is 0.864. The predicted octanol–water partition coefficient (Wildman–Crippen LogP) is 5.01. The van der Waals surface area contributed by atoms with Gasteiger partial charge >= 0.3 is 17.8 Å². The lowest BCUT2D eigenvalue weighted by atomic mass is 9.96. The number of carbonyl (C=O) groups is 3. The molecule has 0 bridgehead atoms. The van der Waals surface area contributed by atoms with E-state index in [2.05, 4.69) is 56.9 Å². The van der Waals surface area contributed by atoms with Crippen molar-refractivity contribution < 1.29 is 18.9 Å². The zero-order valence-electron chi connectivity index (χ0n) is 31.5. The fourth-order valence-electron chi connectivity index (χ4n) is 6.46. The number of benzene rings is 2. The van der Waals surface area contributed by atoms with E-state index >= 15 is 0 Å². The van der Waals surface area contributed by atoms with E-state index in [1.807, 2.05) is 88.5 Å². The van der Waals surface area contributed by atoms with Crippen LogP contribution in [0.1, 0.15) is 60.4 Å². The van der Waals surface area contributed by atoms with Crippen LogP contribution in [0.4, 0.5) is 27.8 Å². The third-order valence-electron chi connectivity index (χ3n) is 9.79. The maximum Gasteiger partial charge on any atom is 0.328 e. The van der Waals surface area contributed by atoms with Crippen molar-refractivity contribution in [3.8, 4) is 11.3 Å². The first-order valence-electron chi connectivity index (χ1n) is 18.4. The number of imide groups is 1. The summed E-state index contributed by atoms with van der Waals surface area (Å²) < 4.78 is 5.16. The van der Waals surface area contributed by atoms with Crippen LogP contribution >= 0.6 is 0 Å². The number of pyridine rings is 1. The van der Waals surface area contributed by atoms with Gasteiger partial charge in [0.15, 0.2) is 5.82 Å². The van der Waals surface area contributed by atoms with Crippen molar-refractivity contribution in [3.63, 3.8) is 0 Å². The van der Waals surface area contributed by atoms with Gasteiger partial charge in [-0.15, -0.1) is 0 Å². The van der Waals surface area contributed by atoms with E-state index in [9.17, 15) is 14.4 Å². The SMILES string of the molecule is Cc1cc(-c2cc(Nc3ccc(CCN4CCN(c5ccc(N6CCC(=O)NC6=O)cc5)CC4)cn3)ncn2)ccc1CNC(=O)c1nc(C(C)(C)C)no1. The van der Waals surface area contributed by atoms with E-state index < -0.39 is 5.91 Å². The van der Waals surface area contributed by atoms with Crippen LogP contribution in [0.15, 0.2) is 77.7 Å². The van der Waals surface area contributed by atoms with Gasteiger partial charge in [0.1, 0.15) is 18.0 Å². The van der Waals surface area contributed by atoms with Crippen LogP contribution in [0, 0.1) is 6.92 Å². The Morgan fingerprint density at radius 1 is 0.891 bits per heavy atom. The predicted molar refractivity (Wildman–Crippen MR) is 208 cm³/mol. The number of rotatable bonds is 11. The van der Waals surface area contributed by atoms with Crippen molar-refractivity contribution in [2.75, 3.05) is 54.4 Å². The first-order valence-corrected chi connectivity index (χ1v) is 18.4. The summed E-state index contributed by atoms with van der Waals surface area (Å²) in [5.74, 6) is 1.12. The van der Waals surface area contributed by atoms with Gasteiger partial charge in [0, 0.05) is 86.9 Å². The number of piperazine rings is 1. The molecule has 15 nitrogen and oxygen atoms in total. The standard InChI is InChI=1S/C40H45N11O4/c1-26-21-28(6-7-29(26)24-42-36(53)37-47-38(48-55-37)40(2,3)4)32-22-34(44-25-43-32)45-33-12-5-27(23-41-33)13-15-49-17-19-50(20-18-49)30-8-10-31(11-9-30)51-16-14-35(52)46-39(51)54/h5-12,21-23,25H,13-20,24H2,1-4H3,(H,42,53)(H,46,52,54)(H,41,43,44,45). The van der Waals surface area contributed by atoms with Gasteiger partial charge in [-0.3, -0.25) is 24.7 Å². The molecule has 7 rings (SSSR count). The van der Waals surface area contributed by atoms with Crippen molar-refractivity contribution in [2.24, 2.45) is 0 Å². The highest BCUT2D eigenvalue weighted by Crippen LogP contribution is 2.25. The first-order chi connectivity index (χ1) is 26.5. The average Bonchev–Trinajstić information content (AvgIpc) is 3.70. The molecule has 0 spiro atoms. The van der Waals surface area contributed by atoms with E-state index in [-0.39, 0.29) is 23.2 Å². The summed E-state index contributed by atoms with van der Waals surface area (Å²) in [4.78, 5) is 60.5. The minimum absolute atomic E-state index is 0.0516. The largest absolute Gasteiger partial charge is 0.369 e. The highest BCUT2D eigenvalue weighted by atomic mass is 16.5. The molecule has 0 radical (unpaired) electrons. The molecular weight excluding hydrogens is 699 g/mol. The van der Waals surface area contributed by atoms with Crippen LogP contribution in [-0.2, 0) is 23.2 Å². The van der Waals surface area contributed by atoms with Crippen molar-refractivity contribution in [2.45, 2.75) is 52.5 Å². The quantitative estimate of drug-likeness (QED) is 0.165.